The lowest BCUT2D eigenvalue weighted by molar-refractivity contribution is -0.140. The molecule has 1 aromatic carbocycles. The van der Waals surface area contributed by atoms with Crippen molar-refractivity contribution in [2.75, 3.05) is 20.8 Å². The number of hydrogen-bond acceptors (Lipinski definition) is 5. The van der Waals surface area contributed by atoms with E-state index in [0.717, 1.165) is 18.5 Å². The lowest BCUT2D eigenvalue weighted by Gasteiger charge is -2.15. The average Bonchev–Trinajstić information content (AvgIpc) is 2.43. The van der Waals surface area contributed by atoms with E-state index in [1.54, 1.807) is 12.1 Å². The minimum absolute atomic E-state index is 0.118. The highest BCUT2D eigenvalue weighted by Gasteiger charge is 2.09. The number of benzene rings is 1. The molecule has 0 spiro atoms. The van der Waals surface area contributed by atoms with Crippen LogP contribution in [0.25, 0.3) is 0 Å². The van der Waals surface area contributed by atoms with E-state index in [0.29, 0.717) is 12.2 Å². The van der Waals surface area contributed by atoms with Gasteiger partial charge in [-0.1, -0.05) is 6.07 Å². The van der Waals surface area contributed by atoms with Crippen molar-refractivity contribution < 1.29 is 19.4 Å². The summed E-state index contributed by atoms with van der Waals surface area (Å²) in [5.41, 5.74) is 1.02. The second kappa shape index (κ2) is 7.63. The van der Waals surface area contributed by atoms with E-state index in [-0.39, 0.29) is 17.8 Å². The maximum atomic E-state index is 11.0. The van der Waals surface area contributed by atoms with Crippen molar-refractivity contribution >= 4 is 5.97 Å². The van der Waals surface area contributed by atoms with Gasteiger partial charge in [-0.3, -0.25) is 4.79 Å². The number of carbonyl (C=O) groups excluding carboxylic acids is 1. The van der Waals surface area contributed by atoms with Gasteiger partial charge >= 0.3 is 5.97 Å². The van der Waals surface area contributed by atoms with Crippen LogP contribution in [0.15, 0.2) is 18.2 Å². The summed E-state index contributed by atoms with van der Waals surface area (Å²) >= 11 is 0. The molecule has 0 aliphatic heterocycles. The quantitative estimate of drug-likeness (QED) is 0.584. The Hall–Kier alpha value is -1.75. The molecular weight excluding hydrogens is 246 g/mol. The zero-order valence-corrected chi connectivity index (χ0v) is 11.6. The monoisotopic (exact) mass is 267 g/mol. The largest absolute Gasteiger partial charge is 0.504 e. The van der Waals surface area contributed by atoms with Crippen LogP contribution in [0.4, 0.5) is 0 Å². The third kappa shape index (κ3) is 4.79. The highest BCUT2D eigenvalue weighted by molar-refractivity contribution is 5.69. The molecule has 0 bridgehead atoms. The summed E-state index contributed by atoms with van der Waals surface area (Å²) in [5.74, 6) is 0.394. The fourth-order valence-electron chi connectivity index (χ4n) is 1.73. The van der Waals surface area contributed by atoms with Gasteiger partial charge in [0.25, 0.3) is 0 Å². The molecule has 5 nitrogen and oxygen atoms in total. The summed E-state index contributed by atoms with van der Waals surface area (Å²) in [5, 5.41) is 12.8. The van der Waals surface area contributed by atoms with Gasteiger partial charge in [0.15, 0.2) is 11.5 Å². The first kappa shape index (κ1) is 15.3. The first-order valence-electron chi connectivity index (χ1n) is 6.25. The summed E-state index contributed by atoms with van der Waals surface area (Å²) in [6, 6.07) is 5.37. The van der Waals surface area contributed by atoms with Crippen LogP contribution in [-0.4, -0.2) is 31.8 Å². The van der Waals surface area contributed by atoms with Crippen LogP contribution >= 0.6 is 0 Å². The topological polar surface area (TPSA) is 67.8 Å². The number of rotatable bonds is 7. The number of carbonyl (C=O) groups is 1. The summed E-state index contributed by atoms with van der Waals surface area (Å²) in [6.45, 7) is 2.74. The Morgan fingerprint density at radius 2 is 2.16 bits per heavy atom. The van der Waals surface area contributed by atoms with Gasteiger partial charge in [0, 0.05) is 12.5 Å². The number of hydrogen-bond donors (Lipinski definition) is 2. The zero-order valence-electron chi connectivity index (χ0n) is 11.6. The van der Waals surface area contributed by atoms with Crippen LogP contribution in [0.2, 0.25) is 0 Å². The Morgan fingerprint density at radius 3 is 2.79 bits per heavy atom. The molecule has 1 aromatic rings. The lowest BCUT2D eigenvalue weighted by Crippen LogP contribution is -2.20. The van der Waals surface area contributed by atoms with Crippen molar-refractivity contribution in [3.05, 3.63) is 23.8 Å². The Labute approximate surface area is 113 Å². The van der Waals surface area contributed by atoms with Gasteiger partial charge in [0.1, 0.15) is 0 Å². The summed E-state index contributed by atoms with van der Waals surface area (Å²) < 4.78 is 9.64. The average molecular weight is 267 g/mol. The number of methoxy groups -OCH3 is 2. The Bertz CT molecular complexity index is 420. The molecule has 0 amide bonds. The molecule has 1 atom stereocenters. The number of nitrogens with one attached hydrogen (secondary N) is 1. The maximum absolute atomic E-state index is 11.0. The minimum Gasteiger partial charge on any atom is -0.504 e. The molecule has 1 unspecified atom stereocenters. The van der Waals surface area contributed by atoms with Gasteiger partial charge in [-0.2, -0.15) is 0 Å². The van der Waals surface area contributed by atoms with Crippen LogP contribution in [-0.2, 0) is 9.53 Å². The molecule has 2 N–H and O–H groups in total. The normalized spacial score (nSPS) is 11.9. The fraction of sp³-hybridized carbons (Fsp3) is 0.500. The van der Waals surface area contributed by atoms with Gasteiger partial charge in [-0.25, -0.2) is 0 Å². The van der Waals surface area contributed by atoms with Crippen molar-refractivity contribution in [2.24, 2.45) is 0 Å². The Balaban J connectivity index is 2.45. The van der Waals surface area contributed by atoms with E-state index in [1.807, 2.05) is 13.0 Å². The van der Waals surface area contributed by atoms with Gasteiger partial charge in [-0.05, 0) is 37.6 Å². The molecule has 1 rings (SSSR count). The van der Waals surface area contributed by atoms with Crippen LogP contribution in [0.5, 0.6) is 11.5 Å². The first-order valence-corrected chi connectivity index (χ1v) is 6.25. The van der Waals surface area contributed by atoms with E-state index in [2.05, 4.69) is 10.1 Å². The first-order chi connectivity index (χ1) is 9.08. The molecule has 0 saturated carbocycles. The zero-order chi connectivity index (χ0) is 14.3. The molecule has 0 heterocycles. The molecule has 106 valence electrons. The third-order valence-corrected chi connectivity index (χ3v) is 2.94. The number of phenols is 1. The van der Waals surface area contributed by atoms with Gasteiger partial charge in [-0.15, -0.1) is 0 Å². The van der Waals surface area contributed by atoms with Crippen LogP contribution < -0.4 is 10.1 Å². The van der Waals surface area contributed by atoms with Crippen LogP contribution in [0, 0.1) is 0 Å². The molecule has 0 fully saturated rings. The minimum atomic E-state index is -0.194. The predicted octanol–water partition coefficient (Wildman–Crippen LogP) is 2.00. The van der Waals surface area contributed by atoms with Gasteiger partial charge < -0.3 is 19.9 Å². The summed E-state index contributed by atoms with van der Waals surface area (Å²) in [4.78, 5) is 11.0. The predicted molar refractivity (Wildman–Crippen MR) is 72.3 cm³/mol. The molecule has 0 saturated heterocycles. The van der Waals surface area contributed by atoms with E-state index in [4.69, 9.17) is 4.74 Å². The van der Waals surface area contributed by atoms with Gasteiger partial charge in [0.2, 0.25) is 0 Å². The number of esters is 1. The second-order valence-corrected chi connectivity index (χ2v) is 4.29. The molecule has 0 radical (unpaired) electrons. The Morgan fingerprint density at radius 1 is 1.42 bits per heavy atom. The molecule has 19 heavy (non-hydrogen) atoms. The number of phenolic OH excluding ortho intramolecular Hbond substituents is 1. The molecule has 0 aliphatic rings. The van der Waals surface area contributed by atoms with E-state index >= 15 is 0 Å². The maximum Gasteiger partial charge on any atom is 0.305 e. The number of aromatic hydroxyl groups is 1. The Kier molecular flexibility index (Phi) is 6.15. The molecule has 0 aromatic heterocycles. The molecule has 0 aliphatic carbocycles. The molecule has 5 heteroatoms. The fourth-order valence-corrected chi connectivity index (χ4v) is 1.73. The van der Waals surface area contributed by atoms with E-state index in [9.17, 15) is 9.90 Å². The van der Waals surface area contributed by atoms with Crippen molar-refractivity contribution in [3.8, 4) is 11.5 Å². The number of ether oxygens (including phenoxy) is 2. The summed E-state index contributed by atoms with van der Waals surface area (Å²) in [6.07, 6.45) is 1.14. The van der Waals surface area contributed by atoms with Crippen molar-refractivity contribution in [2.45, 2.75) is 25.8 Å². The van der Waals surface area contributed by atoms with Crippen molar-refractivity contribution in [1.82, 2.24) is 5.32 Å². The SMILES string of the molecule is COC(=O)CCCNC(C)c1ccc(O)c(OC)c1. The van der Waals surface area contributed by atoms with E-state index < -0.39 is 0 Å². The highest BCUT2D eigenvalue weighted by Crippen LogP contribution is 2.28. The second-order valence-electron chi connectivity index (χ2n) is 4.29. The molecular formula is C14H21NO4. The van der Waals surface area contributed by atoms with Crippen LogP contribution in [0.3, 0.4) is 0 Å². The van der Waals surface area contributed by atoms with Crippen molar-refractivity contribution in [1.29, 1.82) is 0 Å². The smallest absolute Gasteiger partial charge is 0.305 e. The lowest BCUT2D eigenvalue weighted by atomic mass is 10.1. The van der Waals surface area contributed by atoms with E-state index in [1.165, 1.54) is 14.2 Å². The van der Waals surface area contributed by atoms with Gasteiger partial charge in [0.05, 0.1) is 14.2 Å². The summed E-state index contributed by atoms with van der Waals surface area (Å²) in [7, 11) is 2.91. The highest BCUT2D eigenvalue weighted by atomic mass is 16.5. The standard InChI is InChI=1S/C14H21NO4/c1-10(15-8-4-5-14(17)19-3)11-6-7-12(16)13(9-11)18-2/h6-7,9-10,15-16H,4-5,8H2,1-3H3. The van der Waals surface area contributed by atoms with Crippen molar-refractivity contribution in [3.63, 3.8) is 0 Å². The van der Waals surface area contributed by atoms with Crippen LogP contribution in [0.1, 0.15) is 31.4 Å². The third-order valence-electron chi connectivity index (χ3n) is 2.94.